The summed E-state index contributed by atoms with van der Waals surface area (Å²) in [4.78, 5) is 22.7. The van der Waals surface area contributed by atoms with Gasteiger partial charge < -0.3 is 19.9 Å². The highest BCUT2D eigenvalue weighted by Crippen LogP contribution is 2.41. The van der Waals surface area contributed by atoms with Gasteiger partial charge in [0.2, 0.25) is 0 Å². The number of amides is 1. The predicted molar refractivity (Wildman–Crippen MR) is 101 cm³/mol. The molecule has 1 heterocycles. The van der Waals surface area contributed by atoms with Gasteiger partial charge in [0.05, 0.1) is 23.6 Å². The Bertz CT molecular complexity index is 868. The Balaban J connectivity index is 1.71. The monoisotopic (exact) mass is 386 g/mol. The van der Waals surface area contributed by atoms with E-state index in [9.17, 15) is 20.0 Å². The summed E-state index contributed by atoms with van der Waals surface area (Å²) in [6.45, 7) is 3.48. The molecule has 8 nitrogen and oxygen atoms in total. The van der Waals surface area contributed by atoms with Crippen LogP contribution < -0.4 is 10.1 Å². The number of aliphatic hydroxyl groups is 1. The highest BCUT2D eigenvalue weighted by Gasteiger charge is 2.44. The Morgan fingerprint density at radius 1 is 1.29 bits per heavy atom. The Kier molecular flexibility index (Phi) is 5.51. The summed E-state index contributed by atoms with van der Waals surface area (Å²) < 4.78 is 11.0. The third-order valence-electron chi connectivity index (χ3n) is 4.68. The number of nitro benzene ring substituents is 1. The molecule has 0 spiro atoms. The number of rotatable bonds is 5. The highest BCUT2D eigenvalue weighted by molar-refractivity contribution is 5.68. The summed E-state index contributed by atoms with van der Waals surface area (Å²) in [5, 5.41) is 24.3. The zero-order chi connectivity index (χ0) is 20.3. The molecule has 0 aromatic heterocycles. The van der Waals surface area contributed by atoms with Crippen molar-refractivity contribution in [1.29, 1.82) is 0 Å². The number of ether oxygens (including phenoxy) is 2. The van der Waals surface area contributed by atoms with Crippen LogP contribution >= 0.6 is 0 Å². The molecule has 2 atom stereocenters. The van der Waals surface area contributed by atoms with Crippen LogP contribution in [0, 0.1) is 10.1 Å². The number of carbonyl (C=O) groups is 1. The van der Waals surface area contributed by atoms with E-state index < -0.39 is 28.8 Å². The number of benzene rings is 2. The molecule has 3 rings (SSSR count). The summed E-state index contributed by atoms with van der Waals surface area (Å²) in [6, 6.07) is 12.9. The first-order valence-corrected chi connectivity index (χ1v) is 8.90. The van der Waals surface area contributed by atoms with Crippen molar-refractivity contribution in [3.05, 3.63) is 69.8 Å². The van der Waals surface area contributed by atoms with E-state index in [1.807, 2.05) is 30.3 Å². The molecule has 2 aromatic carbocycles. The van der Waals surface area contributed by atoms with Crippen LogP contribution in [0.2, 0.25) is 0 Å². The Labute approximate surface area is 162 Å². The van der Waals surface area contributed by atoms with Gasteiger partial charge in [-0.15, -0.1) is 0 Å². The summed E-state index contributed by atoms with van der Waals surface area (Å²) in [5.41, 5.74) is 0.317. The van der Waals surface area contributed by atoms with E-state index in [2.05, 4.69) is 5.32 Å². The van der Waals surface area contributed by atoms with Crippen molar-refractivity contribution in [1.82, 2.24) is 5.32 Å². The van der Waals surface area contributed by atoms with Gasteiger partial charge in [-0.3, -0.25) is 10.1 Å². The number of non-ortho nitro benzene ring substituents is 1. The van der Waals surface area contributed by atoms with Crippen molar-refractivity contribution in [2.45, 2.75) is 38.0 Å². The van der Waals surface area contributed by atoms with Crippen molar-refractivity contribution < 1.29 is 24.3 Å². The number of alkyl carbamates (subject to hydrolysis) is 1. The van der Waals surface area contributed by atoms with Gasteiger partial charge in [0.25, 0.3) is 5.69 Å². The minimum Gasteiger partial charge on any atom is -0.484 e. The molecule has 0 bridgehead atoms. The van der Waals surface area contributed by atoms with Gasteiger partial charge >= 0.3 is 6.09 Å². The van der Waals surface area contributed by atoms with E-state index in [-0.39, 0.29) is 18.0 Å². The fourth-order valence-electron chi connectivity index (χ4n) is 3.13. The van der Waals surface area contributed by atoms with Gasteiger partial charge in [-0.1, -0.05) is 30.3 Å². The van der Waals surface area contributed by atoms with Crippen LogP contribution in [-0.4, -0.2) is 34.4 Å². The molecule has 2 unspecified atom stereocenters. The lowest BCUT2D eigenvalue weighted by molar-refractivity contribution is -0.385. The largest absolute Gasteiger partial charge is 0.484 e. The molecule has 148 valence electrons. The smallest absolute Gasteiger partial charge is 0.407 e. The summed E-state index contributed by atoms with van der Waals surface area (Å²) in [6.07, 6.45) is -1.18. The lowest BCUT2D eigenvalue weighted by Crippen LogP contribution is -2.53. The van der Waals surface area contributed by atoms with Crippen molar-refractivity contribution in [2.75, 3.05) is 6.61 Å². The van der Waals surface area contributed by atoms with Gasteiger partial charge in [-0.25, -0.2) is 4.79 Å². The molecule has 0 radical (unpaired) electrons. The molecule has 1 amide bonds. The first-order valence-electron chi connectivity index (χ1n) is 8.90. The molecule has 0 fully saturated rings. The van der Waals surface area contributed by atoms with Crippen LogP contribution in [0.4, 0.5) is 10.5 Å². The number of nitro groups is 1. The second-order valence-electron chi connectivity index (χ2n) is 7.12. The average Bonchev–Trinajstić information content (AvgIpc) is 2.65. The number of nitrogens with one attached hydrogen (secondary N) is 1. The second kappa shape index (κ2) is 7.85. The first kappa shape index (κ1) is 19.6. The molecule has 0 aliphatic carbocycles. The average molecular weight is 386 g/mol. The lowest BCUT2D eigenvalue weighted by atomic mass is 9.86. The van der Waals surface area contributed by atoms with Gasteiger partial charge in [-0.05, 0) is 25.5 Å². The minimum absolute atomic E-state index is 0.130. The van der Waals surface area contributed by atoms with Crippen LogP contribution in [0.3, 0.4) is 0 Å². The Hall–Kier alpha value is -3.13. The number of carbonyl (C=O) groups excluding carboxylic acids is 1. The standard InChI is InChI=1S/C20H22N2O6/c1-20(2)18(23)17(15-9-8-14(22(25)26)12-16(15)28-20)21-19(24)27-11-10-13-6-4-3-5-7-13/h3-9,12,17-18,23H,10-11H2,1-2H3,(H,21,24). The number of aliphatic hydroxyl groups excluding tert-OH is 1. The van der Waals surface area contributed by atoms with Crippen molar-refractivity contribution in [3.63, 3.8) is 0 Å². The van der Waals surface area contributed by atoms with Gasteiger partial charge in [-0.2, -0.15) is 0 Å². The van der Waals surface area contributed by atoms with Crippen LogP contribution in [0.1, 0.15) is 31.0 Å². The van der Waals surface area contributed by atoms with Crippen LogP contribution in [0.15, 0.2) is 48.5 Å². The maximum atomic E-state index is 12.2. The molecule has 1 aliphatic rings. The third-order valence-corrected chi connectivity index (χ3v) is 4.68. The third kappa shape index (κ3) is 4.23. The molecule has 2 N–H and O–H groups in total. The predicted octanol–water partition coefficient (Wildman–Crippen LogP) is 3.14. The molecular formula is C20H22N2O6. The van der Waals surface area contributed by atoms with E-state index in [0.717, 1.165) is 5.56 Å². The van der Waals surface area contributed by atoms with Gasteiger partial charge in [0, 0.05) is 18.1 Å². The van der Waals surface area contributed by atoms with E-state index in [1.165, 1.54) is 18.2 Å². The topological polar surface area (TPSA) is 111 Å². The van der Waals surface area contributed by atoms with E-state index in [1.54, 1.807) is 13.8 Å². The SMILES string of the molecule is CC1(C)Oc2cc([N+](=O)[O-])ccc2C(NC(=O)OCCc2ccccc2)C1O. The maximum absolute atomic E-state index is 12.2. The Morgan fingerprint density at radius 2 is 2.00 bits per heavy atom. The van der Waals surface area contributed by atoms with E-state index in [0.29, 0.717) is 12.0 Å². The van der Waals surface area contributed by atoms with Crippen LogP contribution in [-0.2, 0) is 11.2 Å². The Morgan fingerprint density at radius 3 is 2.68 bits per heavy atom. The maximum Gasteiger partial charge on any atom is 0.407 e. The van der Waals surface area contributed by atoms with Crippen molar-refractivity contribution in [3.8, 4) is 5.75 Å². The highest BCUT2D eigenvalue weighted by atomic mass is 16.6. The molecular weight excluding hydrogens is 364 g/mol. The number of fused-ring (bicyclic) bond motifs is 1. The first-order chi connectivity index (χ1) is 13.3. The summed E-state index contributed by atoms with van der Waals surface area (Å²) >= 11 is 0. The molecule has 28 heavy (non-hydrogen) atoms. The second-order valence-corrected chi connectivity index (χ2v) is 7.12. The molecule has 2 aromatic rings. The van der Waals surface area contributed by atoms with Gasteiger partial charge in [0.15, 0.2) is 0 Å². The van der Waals surface area contributed by atoms with E-state index >= 15 is 0 Å². The zero-order valence-electron chi connectivity index (χ0n) is 15.6. The molecule has 1 aliphatic heterocycles. The summed E-state index contributed by atoms with van der Waals surface area (Å²) in [5.74, 6) is 0.249. The molecule has 8 heteroatoms. The molecule has 0 saturated heterocycles. The van der Waals surface area contributed by atoms with Crippen molar-refractivity contribution in [2.24, 2.45) is 0 Å². The summed E-state index contributed by atoms with van der Waals surface area (Å²) in [7, 11) is 0. The lowest BCUT2D eigenvalue weighted by Gasteiger charge is -2.41. The number of hydrogen-bond acceptors (Lipinski definition) is 6. The van der Waals surface area contributed by atoms with Crippen molar-refractivity contribution >= 4 is 11.8 Å². The van der Waals surface area contributed by atoms with E-state index in [4.69, 9.17) is 9.47 Å². The quantitative estimate of drug-likeness (QED) is 0.603. The fraction of sp³-hybridized carbons (Fsp3) is 0.350. The molecule has 0 saturated carbocycles. The van der Waals surface area contributed by atoms with Gasteiger partial charge in [0.1, 0.15) is 17.5 Å². The fourth-order valence-corrected chi connectivity index (χ4v) is 3.13. The van der Waals surface area contributed by atoms with Crippen LogP contribution in [0.25, 0.3) is 0 Å². The van der Waals surface area contributed by atoms with Crippen LogP contribution in [0.5, 0.6) is 5.75 Å². The minimum atomic E-state index is -1.07. The number of nitrogens with zero attached hydrogens (tertiary/aromatic N) is 1. The normalized spacial score (nSPS) is 19.8. The zero-order valence-corrected chi connectivity index (χ0v) is 15.6. The number of hydrogen-bond donors (Lipinski definition) is 2.